The molecule has 0 aliphatic rings. The SMILES string of the molecule is Cc1nc2c(cnn2C(C)C)cc1C(=O)NCc1cn(-c2ccccc2)nc1-c1ccncc1. The molecule has 4 heterocycles. The largest absolute Gasteiger partial charge is 0.348 e. The second-order valence-electron chi connectivity index (χ2n) is 8.42. The number of nitrogens with one attached hydrogen (secondary N) is 1. The third-order valence-electron chi connectivity index (χ3n) is 5.70. The highest BCUT2D eigenvalue weighted by Crippen LogP contribution is 2.24. The fraction of sp³-hybridized carbons (Fsp3) is 0.192. The molecule has 0 bridgehead atoms. The summed E-state index contributed by atoms with van der Waals surface area (Å²) in [7, 11) is 0. The van der Waals surface area contributed by atoms with Gasteiger partial charge in [0.2, 0.25) is 0 Å². The van der Waals surface area contributed by atoms with E-state index in [0.29, 0.717) is 17.8 Å². The van der Waals surface area contributed by atoms with Crippen LogP contribution in [0.25, 0.3) is 28.0 Å². The topological polar surface area (TPSA) is 90.5 Å². The van der Waals surface area contributed by atoms with Crippen LogP contribution in [-0.4, -0.2) is 35.4 Å². The Labute approximate surface area is 197 Å². The van der Waals surface area contributed by atoms with E-state index in [0.717, 1.165) is 33.5 Å². The van der Waals surface area contributed by atoms with Crippen LogP contribution in [0.5, 0.6) is 0 Å². The summed E-state index contributed by atoms with van der Waals surface area (Å²) in [5.74, 6) is -0.183. The van der Waals surface area contributed by atoms with Crippen molar-refractivity contribution < 1.29 is 4.79 Å². The number of pyridine rings is 2. The van der Waals surface area contributed by atoms with Crippen molar-refractivity contribution in [2.45, 2.75) is 33.4 Å². The first-order valence-electron chi connectivity index (χ1n) is 11.2. The second-order valence-corrected chi connectivity index (χ2v) is 8.42. The Kier molecular flexibility index (Phi) is 5.63. The Bertz CT molecular complexity index is 1450. The van der Waals surface area contributed by atoms with Crippen molar-refractivity contribution in [1.82, 2.24) is 34.8 Å². The Balaban J connectivity index is 1.44. The van der Waals surface area contributed by atoms with Crippen molar-refractivity contribution in [3.05, 3.63) is 90.1 Å². The van der Waals surface area contributed by atoms with E-state index in [4.69, 9.17) is 5.10 Å². The van der Waals surface area contributed by atoms with Crippen molar-refractivity contribution in [3.8, 4) is 16.9 Å². The van der Waals surface area contributed by atoms with Crippen LogP contribution >= 0.6 is 0 Å². The fourth-order valence-corrected chi connectivity index (χ4v) is 3.95. The van der Waals surface area contributed by atoms with Crippen LogP contribution in [0.4, 0.5) is 0 Å². The first kappa shape index (κ1) is 21.5. The third-order valence-corrected chi connectivity index (χ3v) is 5.70. The van der Waals surface area contributed by atoms with Gasteiger partial charge in [0.1, 0.15) is 0 Å². The summed E-state index contributed by atoms with van der Waals surface area (Å²) in [6.07, 6.45) is 7.18. The number of rotatable bonds is 6. The summed E-state index contributed by atoms with van der Waals surface area (Å²) in [6.45, 7) is 6.29. The van der Waals surface area contributed by atoms with Crippen LogP contribution in [0.2, 0.25) is 0 Å². The summed E-state index contributed by atoms with van der Waals surface area (Å²) in [5.41, 5.74) is 5.58. The molecule has 170 valence electrons. The number of carbonyl (C=O) groups excluding carboxylic acids is 1. The predicted molar refractivity (Wildman–Crippen MR) is 131 cm³/mol. The maximum absolute atomic E-state index is 13.1. The van der Waals surface area contributed by atoms with E-state index in [1.54, 1.807) is 18.6 Å². The van der Waals surface area contributed by atoms with E-state index in [2.05, 4.69) is 34.2 Å². The molecule has 1 aromatic carbocycles. The summed E-state index contributed by atoms with van der Waals surface area (Å²) in [4.78, 5) is 21.9. The fourth-order valence-electron chi connectivity index (χ4n) is 3.95. The van der Waals surface area contributed by atoms with Crippen LogP contribution in [0.15, 0.2) is 73.3 Å². The molecule has 0 aliphatic heterocycles. The monoisotopic (exact) mass is 451 g/mol. The van der Waals surface area contributed by atoms with E-state index in [1.165, 1.54) is 0 Å². The van der Waals surface area contributed by atoms with Crippen LogP contribution in [0.1, 0.15) is 41.5 Å². The maximum atomic E-state index is 13.1. The van der Waals surface area contributed by atoms with Crippen molar-refractivity contribution >= 4 is 16.9 Å². The number of benzene rings is 1. The first-order valence-corrected chi connectivity index (χ1v) is 11.2. The van der Waals surface area contributed by atoms with Crippen molar-refractivity contribution in [3.63, 3.8) is 0 Å². The van der Waals surface area contributed by atoms with Gasteiger partial charge in [-0.3, -0.25) is 9.78 Å². The average molecular weight is 452 g/mol. The van der Waals surface area contributed by atoms with E-state index < -0.39 is 0 Å². The quantitative estimate of drug-likeness (QED) is 0.411. The van der Waals surface area contributed by atoms with Gasteiger partial charge in [0.15, 0.2) is 5.65 Å². The second kappa shape index (κ2) is 8.90. The molecule has 0 unspecified atom stereocenters. The number of nitrogens with zero attached hydrogens (tertiary/aromatic N) is 6. The normalized spacial score (nSPS) is 11.3. The molecular weight excluding hydrogens is 426 g/mol. The zero-order valence-electron chi connectivity index (χ0n) is 19.3. The molecule has 0 fully saturated rings. The molecule has 1 N–H and O–H groups in total. The molecule has 0 aliphatic carbocycles. The Hall–Kier alpha value is -4.33. The molecular formula is C26H25N7O. The van der Waals surface area contributed by atoms with Gasteiger partial charge < -0.3 is 5.32 Å². The zero-order chi connectivity index (χ0) is 23.7. The van der Waals surface area contributed by atoms with Gasteiger partial charge in [0.05, 0.1) is 28.8 Å². The first-order chi connectivity index (χ1) is 16.5. The Morgan fingerprint density at radius 1 is 1.09 bits per heavy atom. The minimum Gasteiger partial charge on any atom is -0.348 e. The van der Waals surface area contributed by atoms with Gasteiger partial charge in [-0.25, -0.2) is 14.3 Å². The molecule has 0 saturated heterocycles. The molecule has 5 rings (SSSR count). The van der Waals surface area contributed by atoms with Crippen molar-refractivity contribution in [1.29, 1.82) is 0 Å². The van der Waals surface area contributed by atoms with Gasteiger partial charge in [-0.05, 0) is 51.1 Å². The summed E-state index contributed by atoms with van der Waals surface area (Å²) in [6, 6.07) is 15.8. The van der Waals surface area contributed by atoms with Gasteiger partial charge in [-0.1, -0.05) is 18.2 Å². The minimum atomic E-state index is -0.183. The van der Waals surface area contributed by atoms with Crippen LogP contribution < -0.4 is 5.32 Å². The van der Waals surface area contributed by atoms with Crippen molar-refractivity contribution in [2.24, 2.45) is 0 Å². The van der Waals surface area contributed by atoms with Gasteiger partial charge in [0, 0.05) is 47.7 Å². The van der Waals surface area contributed by atoms with Crippen LogP contribution in [0.3, 0.4) is 0 Å². The smallest absolute Gasteiger partial charge is 0.253 e. The summed E-state index contributed by atoms with van der Waals surface area (Å²) in [5, 5.41) is 13.1. The van der Waals surface area contributed by atoms with Gasteiger partial charge in [0.25, 0.3) is 5.91 Å². The summed E-state index contributed by atoms with van der Waals surface area (Å²) >= 11 is 0. The number of para-hydroxylation sites is 1. The van der Waals surface area contributed by atoms with Gasteiger partial charge in [-0.15, -0.1) is 0 Å². The molecule has 8 heteroatoms. The molecule has 0 spiro atoms. The number of fused-ring (bicyclic) bond motifs is 1. The molecule has 8 nitrogen and oxygen atoms in total. The standard InChI is InChI=1S/C26H25N7O/c1-17(2)33-25-20(15-29-33)13-23(18(3)30-25)26(34)28-14-21-16-32(22-7-5-4-6-8-22)31-24(21)19-9-11-27-12-10-19/h4-13,15-17H,14H2,1-3H3,(H,28,34). The Morgan fingerprint density at radius 3 is 2.59 bits per heavy atom. The molecule has 0 radical (unpaired) electrons. The number of amides is 1. The zero-order valence-corrected chi connectivity index (χ0v) is 19.3. The number of carbonyl (C=O) groups is 1. The molecule has 4 aromatic heterocycles. The molecule has 0 atom stereocenters. The van der Waals surface area contributed by atoms with Gasteiger partial charge in [-0.2, -0.15) is 10.2 Å². The minimum absolute atomic E-state index is 0.183. The highest BCUT2D eigenvalue weighted by Gasteiger charge is 2.17. The number of aryl methyl sites for hydroxylation is 1. The lowest BCUT2D eigenvalue weighted by Gasteiger charge is -2.10. The number of aromatic nitrogens is 6. The predicted octanol–water partition coefficient (Wildman–Crippen LogP) is 4.50. The summed E-state index contributed by atoms with van der Waals surface area (Å²) < 4.78 is 3.69. The maximum Gasteiger partial charge on any atom is 0.253 e. The third kappa shape index (κ3) is 4.05. The molecule has 5 aromatic rings. The lowest BCUT2D eigenvalue weighted by molar-refractivity contribution is 0.0950. The van der Waals surface area contributed by atoms with Crippen molar-refractivity contribution in [2.75, 3.05) is 0 Å². The molecule has 1 amide bonds. The van der Waals surface area contributed by atoms with E-state index >= 15 is 0 Å². The van der Waals surface area contributed by atoms with Gasteiger partial charge >= 0.3 is 0 Å². The Morgan fingerprint density at radius 2 is 1.85 bits per heavy atom. The van der Waals surface area contributed by atoms with Crippen LogP contribution in [0, 0.1) is 6.92 Å². The number of hydrogen-bond acceptors (Lipinski definition) is 5. The average Bonchev–Trinajstić information content (AvgIpc) is 3.47. The van der Waals surface area contributed by atoms with E-state index in [-0.39, 0.29) is 11.9 Å². The molecule has 34 heavy (non-hydrogen) atoms. The molecule has 0 saturated carbocycles. The lowest BCUT2D eigenvalue weighted by Crippen LogP contribution is -2.24. The van der Waals surface area contributed by atoms with Crippen LogP contribution in [-0.2, 0) is 6.54 Å². The number of hydrogen-bond donors (Lipinski definition) is 1. The van der Waals surface area contributed by atoms with E-state index in [9.17, 15) is 4.79 Å². The highest BCUT2D eigenvalue weighted by molar-refractivity contribution is 5.98. The highest BCUT2D eigenvalue weighted by atomic mass is 16.1. The lowest BCUT2D eigenvalue weighted by atomic mass is 10.1. The van der Waals surface area contributed by atoms with E-state index in [1.807, 2.05) is 71.0 Å².